The van der Waals surface area contributed by atoms with E-state index < -0.39 is 6.10 Å². The number of carbonyl (C=O) groups excluding carboxylic acids is 1. The number of thiazole rings is 1. The molecule has 0 bridgehead atoms. The quantitative estimate of drug-likeness (QED) is 0.937. The maximum Gasteiger partial charge on any atom is 0.245 e. The third kappa shape index (κ3) is 3.16. The monoisotopic (exact) mass is 282 g/mol. The van der Waals surface area contributed by atoms with E-state index >= 15 is 0 Å². The molecule has 4 nitrogen and oxygen atoms in total. The van der Waals surface area contributed by atoms with Crippen molar-refractivity contribution in [3.8, 4) is 0 Å². The lowest BCUT2D eigenvalue weighted by Gasteiger charge is -2.09. The summed E-state index contributed by atoms with van der Waals surface area (Å²) in [6.07, 6.45) is 1.34. The second-order valence-electron chi connectivity index (χ2n) is 3.94. The highest BCUT2D eigenvalue weighted by atomic mass is 32.1. The van der Waals surface area contributed by atoms with Crippen LogP contribution >= 0.6 is 22.7 Å². The molecule has 0 aliphatic rings. The molecule has 0 aromatic carbocycles. The highest BCUT2D eigenvalue weighted by Crippen LogP contribution is 2.20. The van der Waals surface area contributed by atoms with Gasteiger partial charge in [-0.2, -0.15) is 4.99 Å². The van der Waals surface area contributed by atoms with Crippen LogP contribution in [-0.2, 0) is 11.3 Å². The van der Waals surface area contributed by atoms with Crippen molar-refractivity contribution in [3.63, 3.8) is 0 Å². The zero-order chi connectivity index (χ0) is 13.1. The molecule has 2 aromatic heterocycles. The summed E-state index contributed by atoms with van der Waals surface area (Å²) in [4.78, 5) is 17.6. The summed E-state index contributed by atoms with van der Waals surface area (Å²) in [7, 11) is 0. The van der Waals surface area contributed by atoms with E-state index in [1.807, 2.05) is 35.2 Å². The van der Waals surface area contributed by atoms with Crippen LogP contribution in [0.2, 0.25) is 0 Å². The molecule has 0 saturated carbocycles. The van der Waals surface area contributed by atoms with Crippen molar-refractivity contribution < 1.29 is 9.90 Å². The second-order valence-corrected chi connectivity index (χ2v) is 6.13. The minimum atomic E-state index is -0.565. The highest BCUT2D eigenvalue weighted by molar-refractivity contribution is 7.10. The number of aliphatic hydroxyl groups is 1. The number of rotatable bonds is 3. The zero-order valence-electron chi connectivity index (χ0n) is 10.2. The van der Waals surface area contributed by atoms with Crippen LogP contribution in [0.15, 0.2) is 28.7 Å². The first kappa shape index (κ1) is 13.2. The molecule has 0 aliphatic heterocycles. The van der Waals surface area contributed by atoms with Gasteiger partial charge in [0.1, 0.15) is 6.10 Å². The molecule has 0 saturated heterocycles. The molecule has 2 aromatic rings. The van der Waals surface area contributed by atoms with E-state index in [0.717, 1.165) is 9.75 Å². The maximum atomic E-state index is 11.1. The van der Waals surface area contributed by atoms with Gasteiger partial charge in [0.05, 0.1) is 6.54 Å². The second kappa shape index (κ2) is 5.60. The van der Waals surface area contributed by atoms with Crippen molar-refractivity contribution in [1.82, 2.24) is 4.57 Å². The van der Waals surface area contributed by atoms with E-state index in [-0.39, 0.29) is 5.91 Å². The Morgan fingerprint density at radius 3 is 3.00 bits per heavy atom. The number of hydrogen-bond acceptors (Lipinski definition) is 4. The van der Waals surface area contributed by atoms with E-state index in [1.54, 1.807) is 0 Å². The van der Waals surface area contributed by atoms with E-state index in [2.05, 4.69) is 4.99 Å². The predicted octanol–water partition coefficient (Wildman–Crippen LogP) is 2.10. The van der Waals surface area contributed by atoms with Crippen LogP contribution in [0.3, 0.4) is 0 Å². The molecule has 96 valence electrons. The van der Waals surface area contributed by atoms with Crippen molar-refractivity contribution in [2.45, 2.75) is 26.5 Å². The molecule has 0 spiro atoms. The summed E-state index contributed by atoms with van der Waals surface area (Å²) in [6.45, 7) is 3.80. The molecule has 2 heterocycles. The van der Waals surface area contributed by atoms with Crippen molar-refractivity contribution in [2.24, 2.45) is 4.99 Å². The van der Waals surface area contributed by atoms with Crippen LogP contribution in [0.1, 0.15) is 22.8 Å². The Bertz CT molecular complexity index is 596. The summed E-state index contributed by atoms with van der Waals surface area (Å²) >= 11 is 2.97. The van der Waals surface area contributed by atoms with Crippen LogP contribution in [0.25, 0.3) is 0 Å². The molecular weight excluding hydrogens is 268 g/mol. The molecule has 1 atom stereocenters. The number of hydrogen-bond donors (Lipinski definition) is 1. The summed E-state index contributed by atoms with van der Waals surface area (Å²) in [5.74, 6) is -0.226. The van der Waals surface area contributed by atoms with Crippen LogP contribution in [0.5, 0.6) is 0 Å². The van der Waals surface area contributed by atoms with Gasteiger partial charge in [0.25, 0.3) is 0 Å². The SMILES string of the molecule is CC(=O)N=c1sc(C)cn1CC(O)c1cccs1. The number of aryl methyl sites for hydroxylation is 1. The molecular formula is C12H14N2O2S2. The van der Waals surface area contributed by atoms with Crippen molar-refractivity contribution in [1.29, 1.82) is 0 Å². The normalized spacial score (nSPS) is 13.8. The van der Waals surface area contributed by atoms with Gasteiger partial charge in [-0.25, -0.2) is 0 Å². The summed E-state index contributed by atoms with van der Waals surface area (Å²) < 4.78 is 1.83. The topological polar surface area (TPSA) is 54.6 Å². The lowest BCUT2D eigenvalue weighted by atomic mass is 10.3. The van der Waals surface area contributed by atoms with Gasteiger partial charge in [-0.05, 0) is 18.4 Å². The Kier molecular flexibility index (Phi) is 4.11. The fourth-order valence-electron chi connectivity index (χ4n) is 1.61. The average Bonchev–Trinajstić information content (AvgIpc) is 2.88. The van der Waals surface area contributed by atoms with Gasteiger partial charge in [0, 0.05) is 22.9 Å². The lowest BCUT2D eigenvalue weighted by Crippen LogP contribution is -2.19. The van der Waals surface area contributed by atoms with Gasteiger partial charge in [0.15, 0.2) is 4.80 Å². The van der Waals surface area contributed by atoms with Gasteiger partial charge >= 0.3 is 0 Å². The standard InChI is InChI=1S/C12H14N2O2S2/c1-8-6-14(12(18-8)13-9(2)15)7-10(16)11-4-3-5-17-11/h3-6,10,16H,7H2,1-2H3. The number of aliphatic hydroxyl groups excluding tert-OH is 1. The van der Waals surface area contributed by atoms with Crippen LogP contribution in [-0.4, -0.2) is 15.6 Å². The van der Waals surface area contributed by atoms with Crippen LogP contribution in [0.4, 0.5) is 0 Å². The van der Waals surface area contributed by atoms with E-state index in [0.29, 0.717) is 11.3 Å². The van der Waals surface area contributed by atoms with Gasteiger partial charge in [-0.15, -0.1) is 22.7 Å². The zero-order valence-corrected chi connectivity index (χ0v) is 11.8. The van der Waals surface area contributed by atoms with Crippen molar-refractivity contribution >= 4 is 28.6 Å². The number of carbonyl (C=O) groups is 1. The molecule has 0 fully saturated rings. The maximum absolute atomic E-state index is 11.1. The molecule has 0 aliphatic carbocycles. The predicted molar refractivity (Wildman–Crippen MR) is 72.6 cm³/mol. The third-order valence-corrected chi connectivity index (χ3v) is 4.24. The van der Waals surface area contributed by atoms with E-state index in [1.165, 1.54) is 29.6 Å². The molecule has 1 amide bonds. The minimum Gasteiger partial charge on any atom is -0.386 e. The fraction of sp³-hybridized carbons (Fsp3) is 0.333. The fourth-order valence-corrected chi connectivity index (χ4v) is 3.20. The first-order valence-electron chi connectivity index (χ1n) is 5.50. The van der Waals surface area contributed by atoms with E-state index in [4.69, 9.17) is 0 Å². The number of thiophene rings is 1. The van der Waals surface area contributed by atoms with Gasteiger partial charge < -0.3 is 9.67 Å². The summed E-state index contributed by atoms with van der Waals surface area (Å²) in [5, 5.41) is 12.0. The molecule has 1 N–H and O–H groups in total. The van der Waals surface area contributed by atoms with Crippen LogP contribution in [0, 0.1) is 6.92 Å². The summed E-state index contributed by atoms with van der Waals surface area (Å²) in [5.41, 5.74) is 0. The number of amides is 1. The van der Waals surface area contributed by atoms with E-state index in [9.17, 15) is 9.90 Å². The number of aromatic nitrogens is 1. The number of nitrogens with zero attached hydrogens (tertiary/aromatic N) is 2. The van der Waals surface area contributed by atoms with Crippen LogP contribution < -0.4 is 4.80 Å². The smallest absolute Gasteiger partial charge is 0.245 e. The van der Waals surface area contributed by atoms with Gasteiger partial charge in [-0.1, -0.05) is 6.07 Å². The first-order valence-corrected chi connectivity index (χ1v) is 7.19. The van der Waals surface area contributed by atoms with Gasteiger partial charge in [-0.3, -0.25) is 4.79 Å². The Labute approximate surface area is 113 Å². The molecule has 6 heteroatoms. The molecule has 1 unspecified atom stereocenters. The third-order valence-electron chi connectivity index (χ3n) is 2.33. The first-order chi connectivity index (χ1) is 8.56. The molecule has 2 rings (SSSR count). The Morgan fingerprint density at radius 1 is 1.61 bits per heavy atom. The molecule has 18 heavy (non-hydrogen) atoms. The minimum absolute atomic E-state index is 0.226. The Balaban J connectivity index is 2.27. The lowest BCUT2D eigenvalue weighted by molar-refractivity contribution is -0.116. The highest BCUT2D eigenvalue weighted by Gasteiger charge is 2.11. The van der Waals surface area contributed by atoms with Gasteiger partial charge in [0.2, 0.25) is 5.91 Å². The average molecular weight is 282 g/mol. The van der Waals surface area contributed by atoms with Crippen molar-refractivity contribution in [3.05, 3.63) is 38.3 Å². The summed E-state index contributed by atoms with van der Waals surface area (Å²) in [6, 6.07) is 3.81. The Morgan fingerprint density at radius 2 is 2.39 bits per heavy atom. The van der Waals surface area contributed by atoms with Crippen molar-refractivity contribution in [2.75, 3.05) is 0 Å². The molecule has 0 radical (unpaired) electrons. The Hall–Kier alpha value is -1.24. The largest absolute Gasteiger partial charge is 0.386 e.